The smallest absolute Gasteiger partial charge is 0.157 e. The molecule has 0 saturated heterocycles. The first kappa shape index (κ1) is 14.2. The number of nitrogens with two attached hydrogens (primary N) is 1. The third-order valence-electron chi connectivity index (χ3n) is 2.69. The van der Waals surface area contributed by atoms with Crippen LogP contribution < -0.4 is 10.5 Å². The molecule has 0 radical (unpaired) electrons. The van der Waals surface area contributed by atoms with Crippen LogP contribution in [-0.2, 0) is 13.2 Å². The molecular formula is C13H15BrClN3O. The molecule has 4 nitrogen and oxygen atoms in total. The topological polar surface area (TPSA) is 53.1 Å². The van der Waals surface area contributed by atoms with Crippen LogP contribution in [0, 0.1) is 6.92 Å². The van der Waals surface area contributed by atoms with E-state index in [9.17, 15) is 0 Å². The lowest BCUT2D eigenvalue weighted by Gasteiger charge is -2.12. The average molecular weight is 345 g/mol. The zero-order chi connectivity index (χ0) is 14.0. The van der Waals surface area contributed by atoms with Crippen LogP contribution in [0.4, 0.5) is 5.69 Å². The zero-order valence-corrected chi connectivity index (χ0v) is 13.1. The van der Waals surface area contributed by atoms with Gasteiger partial charge in [0.05, 0.1) is 21.5 Å². The number of ether oxygens (including phenoxy) is 1. The second kappa shape index (κ2) is 5.84. The molecule has 0 spiro atoms. The van der Waals surface area contributed by atoms with E-state index in [1.54, 1.807) is 12.1 Å². The number of halogens is 2. The molecule has 1 aromatic carbocycles. The molecule has 0 aliphatic rings. The predicted octanol–water partition coefficient (Wildman–Crippen LogP) is 3.79. The fourth-order valence-electron chi connectivity index (χ4n) is 1.87. The maximum atomic E-state index is 5.91. The highest BCUT2D eigenvalue weighted by Crippen LogP contribution is 2.35. The molecule has 0 fully saturated rings. The minimum atomic E-state index is 0.416. The van der Waals surface area contributed by atoms with Gasteiger partial charge < -0.3 is 10.5 Å². The van der Waals surface area contributed by atoms with Gasteiger partial charge in [0.1, 0.15) is 6.61 Å². The van der Waals surface area contributed by atoms with Crippen molar-refractivity contribution in [3.8, 4) is 5.75 Å². The lowest BCUT2D eigenvalue weighted by atomic mass is 10.3. The zero-order valence-electron chi connectivity index (χ0n) is 10.8. The standard InChI is InChI=1S/C13H15BrClN3O/c1-3-18-10(4-8(2)17-18)7-19-13-11(14)5-9(15)6-12(13)16/h4-6H,3,7,16H2,1-2H3. The van der Waals surface area contributed by atoms with Gasteiger partial charge in [-0.15, -0.1) is 0 Å². The third-order valence-corrected chi connectivity index (χ3v) is 3.49. The van der Waals surface area contributed by atoms with Crippen molar-refractivity contribution < 1.29 is 4.74 Å². The summed E-state index contributed by atoms with van der Waals surface area (Å²) in [4.78, 5) is 0. The van der Waals surface area contributed by atoms with Crippen LogP contribution in [-0.4, -0.2) is 9.78 Å². The first-order valence-electron chi connectivity index (χ1n) is 5.92. The fraction of sp³-hybridized carbons (Fsp3) is 0.308. The number of hydrogen-bond donors (Lipinski definition) is 1. The Morgan fingerprint density at radius 1 is 1.42 bits per heavy atom. The Morgan fingerprint density at radius 3 is 2.79 bits per heavy atom. The summed E-state index contributed by atoms with van der Waals surface area (Å²) in [6, 6.07) is 5.43. The number of aromatic nitrogens is 2. The van der Waals surface area contributed by atoms with Crippen molar-refractivity contribution in [1.29, 1.82) is 0 Å². The lowest BCUT2D eigenvalue weighted by Crippen LogP contribution is -2.07. The lowest BCUT2D eigenvalue weighted by molar-refractivity contribution is 0.292. The molecule has 0 bridgehead atoms. The molecule has 0 amide bonds. The Hall–Kier alpha value is -1.20. The van der Waals surface area contributed by atoms with Crippen molar-refractivity contribution in [3.63, 3.8) is 0 Å². The van der Waals surface area contributed by atoms with Crippen molar-refractivity contribution in [1.82, 2.24) is 9.78 Å². The van der Waals surface area contributed by atoms with E-state index in [1.807, 2.05) is 24.6 Å². The van der Waals surface area contributed by atoms with Gasteiger partial charge in [-0.2, -0.15) is 5.10 Å². The van der Waals surface area contributed by atoms with Gasteiger partial charge in [0.15, 0.2) is 5.75 Å². The fourth-order valence-corrected chi connectivity index (χ4v) is 2.82. The summed E-state index contributed by atoms with van der Waals surface area (Å²) in [5, 5.41) is 4.95. The number of hydrogen-bond acceptors (Lipinski definition) is 3. The highest BCUT2D eigenvalue weighted by Gasteiger charge is 2.10. The highest BCUT2D eigenvalue weighted by molar-refractivity contribution is 9.10. The average Bonchev–Trinajstić information content (AvgIpc) is 2.68. The first-order valence-corrected chi connectivity index (χ1v) is 7.09. The molecule has 2 N–H and O–H groups in total. The second-order valence-electron chi connectivity index (χ2n) is 4.19. The maximum absolute atomic E-state index is 5.91. The van der Waals surface area contributed by atoms with E-state index in [-0.39, 0.29) is 0 Å². The summed E-state index contributed by atoms with van der Waals surface area (Å²) >= 11 is 9.31. The van der Waals surface area contributed by atoms with Crippen molar-refractivity contribution in [2.24, 2.45) is 0 Å². The summed E-state index contributed by atoms with van der Waals surface area (Å²) < 4.78 is 8.43. The molecule has 0 aliphatic carbocycles. The van der Waals surface area contributed by atoms with Crippen LogP contribution in [0.5, 0.6) is 5.75 Å². The molecule has 2 rings (SSSR count). The van der Waals surface area contributed by atoms with Crippen LogP contribution in [0.2, 0.25) is 5.02 Å². The Morgan fingerprint density at radius 2 is 2.16 bits per heavy atom. The summed E-state index contributed by atoms with van der Waals surface area (Å²) in [6.07, 6.45) is 0. The Balaban J connectivity index is 2.19. The summed E-state index contributed by atoms with van der Waals surface area (Å²) in [5.74, 6) is 0.603. The molecule has 2 aromatic rings. The molecular weight excluding hydrogens is 330 g/mol. The van der Waals surface area contributed by atoms with Crippen LogP contribution >= 0.6 is 27.5 Å². The van der Waals surface area contributed by atoms with Crippen molar-refractivity contribution in [3.05, 3.63) is 39.1 Å². The normalized spacial score (nSPS) is 10.7. The monoisotopic (exact) mass is 343 g/mol. The van der Waals surface area contributed by atoms with Crippen LogP contribution in [0.3, 0.4) is 0 Å². The molecule has 0 aliphatic heterocycles. The van der Waals surface area contributed by atoms with E-state index >= 15 is 0 Å². The van der Waals surface area contributed by atoms with Gasteiger partial charge in [0.25, 0.3) is 0 Å². The van der Waals surface area contributed by atoms with Gasteiger partial charge >= 0.3 is 0 Å². The van der Waals surface area contributed by atoms with Gasteiger partial charge in [-0.25, -0.2) is 0 Å². The van der Waals surface area contributed by atoms with Crippen LogP contribution in [0.15, 0.2) is 22.7 Å². The molecule has 19 heavy (non-hydrogen) atoms. The quantitative estimate of drug-likeness (QED) is 0.859. The minimum absolute atomic E-state index is 0.416. The Bertz CT molecular complexity index is 575. The summed E-state index contributed by atoms with van der Waals surface area (Å²) in [5.41, 5.74) is 8.40. The summed E-state index contributed by atoms with van der Waals surface area (Å²) in [7, 11) is 0. The largest absolute Gasteiger partial charge is 0.484 e. The number of nitrogen functional groups attached to an aromatic ring is 1. The van der Waals surface area contributed by atoms with Crippen molar-refractivity contribution in [2.45, 2.75) is 27.0 Å². The molecule has 1 heterocycles. The molecule has 0 saturated carbocycles. The van der Waals surface area contributed by atoms with E-state index in [0.29, 0.717) is 23.1 Å². The Labute approximate surface area is 125 Å². The number of benzene rings is 1. The van der Waals surface area contributed by atoms with E-state index in [4.69, 9.17) is 22.1 Å². The van der Waals surface area contributed by atoms with Gasteiger partial charge in [0, 0.05) is 11.6 Å². The van der Waals surface area contributed by atoms with Gasteiger partial charge in [-0.05, 0) is 48.0 Å². The number of aryl methyl sites for hydroxylation is 2. The van der Waals surface area contributed by atoms with E-state index < -0.39 is 0 Å². The van der Waals surface area contributed by atoms with Crippen LogP contribution in [0.25, 0.3) is 0 Å². The first-order chi connectivity index (χ1) is 9.01. The van der Waals surface area contributed by atoms with Gasteiger partial charge in [-0.1, -0.05) is 11.6 Å². The molecule has 0 unspecified atom stereocenters. The van der Waals surface area contributed by atoms with E-state index in [0.717, 1.165) is 22.4 Å². The molecule has 6 heteroatoms. The van der Waals surface area contributed by atoms with Gasteiger partial charge in [0.2, 0.25) is 0 Å². The minimum Gasteiger partial charge on any atom is -0.484 e. The number of nitrogens with zero attached hydrogens (tertiary/aromatic N) is 2. The maximum Gasteiger partial charge on any atom is 0.157 e. The van der Waals surface area contributed by atoms with Gasteiger partial charge in [-0.3, -0.25) is 4.68 Å². The number of rotatable bonds is 4. The third kappa shape index (κ3) is 3.22. The summed E-state index contributed by atoms with van der Waals surface area (Å²) in [6.45, 7) is 5.23. The van der Waals surface area contributed by atoms with Crippen molar-refractivity contribution in [2.75, 3.05) is 5.73 Å². The molecule has 1 aromatic heterocycles. The van der Waals surface area contributed by atoms with E-state index in [2.05, 4.69) is 21.0 Å². The van der Waals surface area contributed by atoms with E-state index in [1.165, 1.54) is 0 Å². The second-order valence-corrected chi connectivity index (χ2v) is 5.48. The highest BCUT2D eigenvalue weighted by atomic mass is 79.9. The number of anilines is 1. The predicted molar refractivity (Wildman–Crippen MR) is 80.5 cm³/mol. The van der Waals surface area contributed by atoms with Crippen molar-refractivity contribution >= 4 is 33.2 Å². The SMILES string of the molecule is CCn1nc(C)cc1COc1c(N)cc(Cl)cc1Br. The molecule has 102 valence electrons. The molecule has 0 atom stereocenters. The Kier molecular flexibility index (Phi) is 4.37. The van der Waals surface area contributed by atoms with Crippen LogP contribution in [0.1, 0.15) is 18.3 Å².